The van der Waals surface area contributed by atoms with Gasteiger partial charge in [0.05, 0.1) is 16.8 Å². The molecular formula is C17H17F3N2O3. The Hall–Kier alpha value is -2.64. The summed E-state index contributed by atoms with van der Waals surface area (Å²) in [5.74, 6) is -1.80. The standard InChI is InChI=1S/C17H17F3N2O3/c1-3-12-15(10(2)11-6-4-5-7-13(11)22-12)16(24)25-8-14(23)21-9-17(18,19)20/h4-7H,3,8-9H2,1-2H3,(H,21,23). The average molecular weight is 354 g/mol. The minimum absolute atomic E-state index is 0.241. The van der Waals surface area contributed by atoms with Crippen molar-refractivity contribution in [2.75, 3.05) is 13.2 Å². The fourth-order valence-corrected chi connectivity index (χ4v) is 2.42. The lowest BCUT2D eigenvalue weighted by molar-refractivity contribution is -0.140. The summed E-state index contributed by atoms with van der Waals surface area (Å²) in [6, 6.07) is 7.27. The van der Waals surface area contributed by atoms with E-state index in [-0.39, 0.29) is 5.56 Å². The van der Waals surface area contributed by atoms with E-state index in [1.54, 1.807) is 12.2 Å². The smallest absolute Gasteiger partial charge is 0.405 e. The number of ether oxygens (including phenoxy) is 1. The van der Waals surface area contributed by atoms with E-state index in [2.05, 4.69) is 4.98 Å². The topological polar surface area (TPSA) is 68.3 Å². The molecule has 0 spiro atoms. The van der Waals surface area contributed by atoms with Crippen LogP contribution in [0.2, 0.25) is 0 Å². The van der Waals surface area contributed by atoms with Gasteiger partial charge in [-0.05, 0) is 25.0 Å². The fraction of sp³-hybridized carbons (Fsp3) is 0.353. The Labute approximate surface area is 142 Å². The molecule has 1 heterocycles. The number of hydrogen-bond donors (Lipinski definition) is 1. The van der Waals surface area contributed by atoms with Gasteiger partial charge in [-0.3, -0.25) is 9.78 Å². The summed E-state index contributed by atoms with van der Waals surface area (Å²) in [5.41, 5.74) is 2.14. The third kappa shape index (κ3) is 4.68. The molecule has 0 aliphatic heterocycles. The Kier molecular flexibility index (Phi) is 5.61. The summed E-state index contributed by atoms with van der Waals surface area (Å²) in [6.07, 6.45) is -4.05. The molecule has 5 nitrogen and oxygen atoms in total. The number of rotatable bonds is 5. The van der Waals surface area contributed by atoms with Gasteiger partial charge in [-0.1, -0.05) is 25.1 Å². The van der Waals surface area contributed by atoms with Crippen molar-refractivity contribution in [1.29, 1.82) is 0 Å². The summed E-state index contributed by atoms with van der Waals surface area (Å²) in [5, 5.41) is 2.42. The molecule has 0 aliphatic carbocycles. The van der Waals surface area contributed by atoms with Gasteiger partial charge >= 0.3 is 12.1 Å². The zero-order valence-corrected chi connectivity index (χ0v) is 13.7. The molecule has 1 aromatic heterocycles. The van der Waals surface area contributed by atoms with E-state index < -0.39 is 31.2 Å². The van der Waals surface area contributed by atoms with Crippen LogP contribution in [-0.2, 0) is 16.0 Å². The second-order valence-corrected chi connectivity index (χ2v) is 5.40. The summed E-state index contributed by atoms with van der Waals surface area (Å²) in [4.78, 5) is 28.1. The predicted octanol–water partition coefficient (Wildman–Crippen LogP) is 2.94. The molecule has 8 heteroatoms. The molecule has 1 aromatic carbocycles. The minimum Gasteiger partial charge on any atom is -0.452 e. The summed E-state index contributed by atoms with van der Waals surface area (Å²) < 4.78 is 41.0. The van der Waals surface area contributed by atoms with Crippen molar-refractivity contribution >= 4 is 22.8 Å². The van der Waals surface area contributed by atoms with E-state index in [4.69, 9.17) is 4.74 Å². The van der Waals surface area contributed by atoms with E-state index in [1.165, 1.54) is 0 Å². The van der Waals surface area contributed by atoms with E-state index in [9.17, 15) is 22.8 Å². The lowest BCUT2D eigenvalue weighted by atomic mass is 10.0. The normalized spacial score (nSPS) is 11.4. The Bertz CT molecular complexity index is 804. The van der Waals surface area contributed by atoms with Crippen molar-refractivity contribution in [2.45, 2.75) is 26.4 Å². The van der Waals surface area contributed by atoms with Gasteiger partial charge in [0.15, 0.2) is 6.61 Å². The van der Waals surface area contributed by atoms with Gasteiger partial charge in [0.1, 0.15) is 6.54 Å². The van der Waals surface area contributed by atoms with Crippen molar-refractivity contribution in [2.24, 2.45) is 0 Å². The quantitative estimate of drug-likeness (QED) is 0.839. The number of benzene rings is 1. The van der Waals surface area contributed by atoms with Crippen LogP contribution in [0.1, 0.15) is 28.5 Å². The van der Waals surface area contributed by atoms with Crippen LogP contribution in [0.15, 0.2) is 24.3 Å². The number of nitrogens with one attached hydrogen (secondary N) is 1. The van der Waals surface area contributed by atoms with Crippen LogP contribution in [0.3, 0.4) is 0 Å². The van der Waals surface area contributed by atoms with Gasteiger partial charge in [-0.2, -0.15) is 13.2 Å². The molecule has 134 valence electrons. The number of carbonyl (C=O) groups is 2. The largest absolute Gasteiger partial charge is 0.452 e. The Balaban J connectivity index is 2.16. The maximum atomic E-state index is 12.3. The first-order valence-corrected chi connectivity index (χ1v) is 7.61. The summed E-state index contributed by atoms with van der Waals surface area (Å²) in [6.45, 7) is 1.30. The van der Waals surface area contributed by atoms with Gasteiger partial charge in [0, 0.05) is 5.39 Å². The summed E-state index contributed by atoms with van der Waals surface area (Å²) >= 11 is 0. The Morgan fingerprint density at radius 2 is 1.92 bits per heavy atom. The van der Waals surface area contributed by atoms with E-state index >= 15 is 0 Å². The molecule has 1 N–H and O–H groups in total. The van der Waals surface area contributed by atoms with Gasteiger partial charge in [0.2, 0.25) is 0 Å². The molecule has 0 bridgehead atoms. The van der Waals surface area contributed by atoms with Gasteiger partial charge in [0.25, 0.3) is 5.91 Å². The SMILES string of the molecule is CCc1nc2ccccc2c(C)c1C(=O)OCC(=O)NCC(F)(F)F. The number of para-hydroxylation sites is 1. The number of pyridine rings is 1. The third-order valence-electron chi connectivity index (χ3n) is 3.59. The minimum atomic E-state index is -4.52. The van der Waals surface area contributed by atoms with Crippen molar-refractivity contribution in [3.05, 3.63) is 41.1 Å². The highest BCUT2D eigenvalue weighted by atomic mass is 19.4. The number of halogens is 3. The molecule has 0 fully saturated rings. The molecule has 0 unspecified atom stereocenters. The molecular weight excluding hydrogens is 337 g/mol. The fourth-order valence-electron chi connectivity index (χ4n) is 2.42. The average Bonchev–Trinajstić information content (AvgIpc) is 2.57. The molecule has 1 amide bonds. The molecule has 2 aromatic rings. The summed E-state index contributed by atoms with van der Waals surface area (Å²) in [7, 11) is 0. The maximum absolute atomic E-state index is 12.3. The van der Waals surface area contributed by atoms with E-state index in [0.717, 1.165) is 10.9 Å². The third-order valence-corrected chi connectivity index (χ3v) is 3.59. The highest BCUT2D eigenvalue weighted by Crippen LogP contribution is 2.24. The zero-order valence-electron chi connectivity index (χ0n) is 13.7. The highest BCUT2D eigenvalue weighted by Gasteiger charge is 2.28. The molecule has 0 aliphatic rings. The van der Waals surface area contributed by atoms with Crippen LogP contribution in [0, 0.1) is 6.92 Å². The number of alkyl halides is 3. The van der Waals surface area contributed by atoms with Crippen LogP contribution >= 0.6 is 0 Å². The Morgan fingerprint density at radius 1 is 1.24 bits per heavy atom. The number of carbonyl (C=O) groups excluding carboxylic acids is 2. The van der Waals surface area contributed by atoms with Gasteiger partial charge in [-0.15, -0.1) is 0 Å². The van der Waals surface area contributed by atoms with E-state index in [1.807, 2.05) is 31.2 Å². The molecule has 25 heavy (non-hydrogen) atoms. The number of esters is 1. The predicted molar refractivity (Wildman–Crippen MR) is 85.2 cm³/mol. The molecule has 0 saturated heterocycles. The second kappa shape index (κ2) is 7.50. The lowest BCUT2D eigenvalue weighted by Crippen LogP contribution is -2.36. The van der Waals surface area contributed by atoms with E-state index in [0.29, 0.717) is 17.7 Å². The van der Waals surface area contributed by atoms with Crippen LogP contribution < -0.4 is 5.32 Å². The molecule has 2 rings (SSSR count). The number of hydrogen-bond acceptors (Lipinski definition) is 4. The lowest BCUT2D eigenvalue weighted by Gasteiger charge is -2.13. The molecule has 0 atom stereocenters. The van der Waals surface area contributed by atoms with Crippen molar-refractivity contribution in [3.8, 4) is 0 Å². The van der Waals surface area contributed by atoms with Crippen molar-refractivity contribution < 1.29 is 27.5 Å². The van der Waals surface area contributed by atoms with Crippen LogP contribution in [0.25, 0.3) is 10.9 Å². The monoisotopic (exact) mass is 354 g/mol. The highest BCUT2D eigenvalue weighted by molar-refractivity contribution is 5.99. The van der Waals surface area contributed by atoms with Crippen molar-refractivity contribution in [1.82, 2.24) is 10.3 Å². The number of fused-ring (bicyclic) bond motifs is 1. The first-order valence-electron chi connectivity index (χ1n) is 7.61. The second-order valence-electron chi connectivity index (χ2n) is 5.40. The van der Waals surface area contributed by atoms with Crippen LogP contribution in [0.4, 0.5) is 13.2 Å². The zero-order chi connectivity index (χ0) is 18.6. The maximum Gasteiger partial charge on any atom is 0.405 e. The molecule has 0 radical (unpaired) electrons. The number of aromatic nitrogens is 1. The number of amides is 1. The first-order chi connectivity index (χ1) is 11.7. The first kappa shape index (κ1) is 18.7. The van der Waals surface area contributed by atoms with Crippen LogP contribution in [-0.4, -0.2) is 36.2 Å². The molecule has 0 saturated carbocycles. The number of aryl methyl sites for hydroxylation is 2. The van der Waals surface area contributed by atoms with Gasteiger partial charge in [-0.25, -0.2) is 4.79 Å². The van der Waals surface area contributed by atoms with Crippen LogP contribution in [0.5, 0.6) is 0 Å². The van der Waals surface area contributed by atoms with Crippen molar-refractivity contribution in [3.63, 3.8) is 0 Å². The van der Waals surface area contributed by atoms with Gasteiger partial charge < -0.3 is 10.1 Å². The Morgan fingerprint density at radius 3 is 2.56 bits per heavy atom. The number of nitrogens with zero attached hydrogens (tertiary/aromatic N) is 1.